The number of carbonyl (C=O) groups excluding carboxylic acids is 1. The Labute approximate surface area is 128 Å². The summed E-state index contributed by atoms with van der Waals surface area (Å²) < 4.78 is 5.57. The van der Waals surface area contributed by atoms with Crippen molar-refractivity contribution in [1.29, 1.82) is 0 Å². The van der Waals surface area contributed by atoms with Crippen molar-refractivity contribution in [2.45, 2.75) is 30.5 Å². The number of benzene rings is 1. The highest BCUT2D eigenvalue weighted by Crippen LogP contribution is 2.36. The number of aryl methyl sites for hydroxylation is 1. The van der Waals surface area contributed by atoms with Crippen LogP contribution in [0.5, 0.6) is 0 Å². The highest BCUT2D eigenvalue weighted by Gasteiger charge is 2.25. The molecule has 0 radical (unpaired) electrons. The molecule has 2 atom stereocenters. The second-order valence-corrected chi connectivity index (χ2v) is 6.64. The molecule has 1 N–H and O–H groups in total. The lowest BCUT2D eigenvalue weighted by atomic mass is 9.91. The van der Waals surface area contributed by atoms with Crippen LogP contribution in [0.1, 0.15) is 45.6 Å². The number of halogens is 1. The molecule has 3 rings (SSSR count). The molecule has 0 aliphatic carbocycles. The molecule has 0 aromatic heterocycles. The number of nitrogens with one attached hydrogen (secondary N) is 1. The molecule has 1 saturated heterocycles. The number of ether oxygens (including phenoxy) is 1. The molecule has 3 nitrogen and oxygen atoms in total. The lowest BCUT2D eigenvalue weighted by Gasteiger charge is -2.27. The minimum atomic E-state index is 0.0685. The minimum absolute atomic E-state index is 0.0685. The molecule has 2 aliphatic rings. The van der Waals surface area contributed by atoms with Gasteiger partial charge in [-0.25, -0.2) is 0 Å². The van der Waals surface area contributed by atoms with Crippen molar-refractivity contribution in [2.75, 3.05) is 19.8 Å². The first kappa shape index (κ1) is 14.1. The average Bonchev–Trinajstić information content (AvgIpc) is 2.69. The van der Waals surface area contributed by atoms with Gasteiger partial charge in [-0.05, 0) is 48.8 Å². The first-order valence-electron chi connectivity index (χ1n) is 7.38. The molecule has 0 bridgehead atoms. The summed E-state index contributed by atoms with van der Waals surface area (Å²) >= 11 is 3.80. The van der Waals surface area contributed by atoms with Crippen LogP contribution in [0.15, 0.2) is 18.2 Å². The van der Waals surface area contributed by atoms with Gasteiger partial charge >= 0.3 is 0 Å². The van der Waals surface area contributed by atoms with E-state index < -0.39 is 0 Å². The van der Waals surface area contributed by atoms with E-state index in [1.54, 1.807) is 0 Å². The molecule has 108 valence electrons. The van der Waals surface area contributed by atoms with E-state index in [-0.39, 0.29) is 10.7 Å². The van der Waals surface area contributed by atoms with Gasteiger partial charge < -0.3 is 10.1 Å². The van der Waals surface area contributed by atoms with E-state index >= 15 is 0 Å². The van der Waals surface area contributed by atoms with E-state index in [2.05, 4.69) is 39.4 Å². The molecule has 2 heterocycles. The van der Waals surface area contributed by atoms with Crippen molar-refractivity contribution in [3.8, 4) is 0 Å². The predicted octanol–water partition coefficient (Wildman–Crippen LogP) is 3.23. The van der Waals surface area contributed by atoms with Crippen molar-refractivity contribution in [1.82, 2.24) is 5.32 Å². The monoisotopic (exact) mass is 337 g/mol. The Balaban J connectivity index is 1.85. The molecule has 1 amide bonds. The maximum Gasteiger partial charge on any atom is 0.251 e. The van der Waals surface area contributed by atoms with Crippen molar-refractivity contribution < 1.29 is 9.53 Å². The smallest absolute Gasteiger partial charge is 0.251 e. The number of alkyl halides is 1. The van der Waals surface area contributed by atoms with Crippen molar-refractivity contribution in [3.63, 3.8) is 0 Å². The topological polar surface area (TPSA) is 38.3 Å². The van der Waals surface area contributed by atoms with Gasteiger partial charge in [0.05, 0.1) is 6.61 Å². The fourth-order valence-corrected chi connectivity index (χ4v) is 3.74. The van der Waals surface area contributed by atoms with Gasteiger partial charge in [-0.1, -0.05) is 28.1 Å². The van der Waals surface area contributed by atoms with Crippen LogP contribution < -0.4 is 5.32 Å². The van der Waals surface area contributed by atoms with Crippen LogP contribution in [0.2, 0.25) is 0 Å². The molecule has 0 saturated carbocycles. The van der Waals surface area contributed by atoms with Gasteiger partial charge in [-0.3, -0.25) is 4.79 Å². The Hall–Kier alpha value is -0.870. The van der Waals surface area contributed by atoms with Crippen molar-refractivity contribution in [3.05, 3.63) is 34.9 Å². The van der Waals surface area contributed by atoms with Gasteiger partial charge in [-0.2, -0.15) is 0 Å². The van der Waals surface area contributed by atoms with Crippen LogP contribution in [0, 0.1) is 5.92 Å². The summed E-state index contributed by atoms with van der Waals surface area (Å²) in [6, 6.07) is 6.34. The van der Waals surface area contributed by atoms with Gasteiger partial charge in [0.1, 0.15) is 0 Å². The molecule has 4 heteroatoms. The van der Waals surface area contributed by atoms with Gasteiger partial charge in [0.25, 0.3) is 5.91 Å². The molecule has 2 unspecified atom stereocenters. The molecule has 2 aliphatic heterocycles. The number of hydrogen-bond donors (Lipinski definition) is 1. The van der Waals surface area contributed by atoms with Crippen LogP contribution in [0.25, 0.3) is 0 Å². The Morgan fingerprint density at radius 3 is 3.05 bits per heavy atom. The molecule has 1 fully saturated rings. The Kier molecular flexibility index (Phi) is 4.41. The fourth-order valence-electron chi connectivity index (χ4n) is 3.04. The van der Waals surface area contributed by atoms with Crippen LogP contribution >= 0.6 is 15.9 Å². The number of fused-ring (bicyclic) bond motifs is 1. The highest BCUT2D eigenvalue weighted by molar-refractivity contribution is 9.09. The molecule has 20 heavy (non-hydrogen) atoms. The lowest BCUT2D eigenvalue weighted by Crippen LogP contribution is -2.23. The van der Waals surface area contributed by atoms with Crippen LogP contribution in [0.3, 0.4) is 0 Å². The van der Waals surface area contributed by atoms with Crippen molar-refractivity contribution >= 4 is 21.8 Å². The Morgan fingerprint density at radius 1 is 1.35 bits per heavy atom. The van der Waals surface area contributed by atoms with Gasteiger partial charge in [0.15, 0.2) is 0 Å². The van der Waals surface area contributed by atoms with Crippen LogP contribution in [0.4, 0.5) is 0 Å². The number of amides is 1. The molecular weight excluding hydrogens is 318 g/mol. The highest BCUT2D eigenvalue weighted by atomic mass is 79.9. The summed E-state index contributed by atoms with van der Waals surface area (Å²) in [6.07, 6.45) is 4.30. The number of rotatable bonds is 2. The average molecular weight is 338 g/mol. The molecule has 0 spiro atoms. The van der Waals surface area contributed by atoms with Gasteiger partial charge in [-0.15, -0.1) is 0 Å². The zero-order valence-corrected chi connectivity index (χ0v) is 13.1. The largest absolute Gasteiger partial charge is 0.381 e. The summed E-state index contributed by atoms with van der Waals surface area (Å²) in [7, 11) is 0. The van der Waals surface area contributed by atoms with E-state index in [1.807, 2.05) is 0 Å². The molecule has 1 aromatic carbocycles. The first-order valence-corrected chi connectivity index (χ1v) is 8.30. The second-order valence-electron chi connectivity index (χ2n) is 5.66. The Bertz CT molecular complexity index is 497. The Morgan fingerprint density at radius 2 is 2.25 bits per heavy atom. The standard InChI is InChI=1S/C16H20BrNO2/c17-15(13-4-2-8-20-10-13)12-6-5-11-3-1-7-18-16(19)14(11)9-12/h5-6,9,13,15H,1-4,7-8,10H2,(H,18,19). The van der Waals surface area contributed by atoms with Crippen molar-refractivity contribution in [2.24, 2.45) is 5.92 Å². The van der Waals surface area contributed by atoms with E-state index in [9.17, 15) is 4.79 Å². The maximum absolute atomic E-state index is 12.1. The fraction of sp³-hybridized carbons (Fsp3) is 0.562. The van der Waals surface area contributed by atoms with Crippen LogP contribution in [-0.2, 0) is 11.2 Å². The van der Waals surface area contributed by atoms with E-state index in [1.165, 1.54) is 17.5 Å². The summed E-state index contributed by atoms with van der Waals surface area (Å²) in [4.78, 5) is 12.4. The summed E-state index contributed by atoms with van der Waals surface area (Å²) in [5.41, 5.74) is 3.21. The van der Waals surface area contributed by atoms with Crippen LogP contribution in [-0.4, -0.2) is 25.7 Å². The predicted molar refractivity (Wildman–Crippen MR) is 82.3 cm³/mol. The minimum Gasteiger partial charge on any atom is -0.381 e. The van der Waals surface area contributed by atoms with E-state index in [0.717, 1.165) is 44.6 Å². The quantitative estimate of drug-likeness (QED) is 0.841. The summed E-state index contributed by atoms with van der Waals surface area (Å²) in [5, 5.41) is 2.97. The lowest BCUT2D eigenvalue weighted by molar-refractivity contribution is 0.0546. The number of hydrogen-bond acceptors (Lipinski definition) is 2. The normalized spacial score (nSPS) is 24.4. The zero-order chi connectivity index (χ0) is 13.9. The summed E-state index contributed by atoms with van der Waals surface area (Å²) in [6.45, 7) is 2.46. The second kappa shape index (κ2) is 6.27. The third kappa shape index (κ3) is 2.91. The van der Waals surface area contributed by atoms with E-state index in [4.69, 9.17) is 4.74 Å². The SMILES string of the molecule is O=C1NCCCc2ccc(C(Br)C3CCCOC3)cc21. The summed E-state index contributed by atoms with van der Waals surface area (Å²) in [5.74, 6) is 0.564. The van der Waals surface area contributed by atoms with E-state index in [0.29, 0.717) is 5.92 Å². The molecular formula is C16H20BrNO2. The third-order valence-electron chi connectivity index (χ3n) is 4.21. The molecule has 1 aromatic rings. The number of carbonyl (C=O) groups is 1. The van der Waals surface area contributed by atoms with Gasteiger partial charge in [0.2, 0.25) is 0 Å². The van der Waals surface area contributed by atoms with Gasteiger partial charge in [0, 0.05) is 23.5 Å². The zero-order valence-electron chi connectivity index (χ0n) is 11.5. The first-order chi connectivity index (χ1) is 9.75. The maximum atomic E-state index is 12.1. The third-order valence-corrected chi connectivity index (χ3v) is 5.49.